The van der Waals surface area contributed by atoms with E-state index < -0.39 is 0 Å². The molecule has 28 heavy (non-hydrogen) atoms. The van der Waals surface area contributed by atoms with Gasteiger partial charge in [0, 0.05) is 12.3 Å². The normalized spacial score (nSPS) is 13.2. The highest BCUT2D eigenvalue weighted by Crippen LogP contribution is 2.24. The molecule has 1 aliphatic rings. The van der Waals surface area contributed by atoms with Crippen LogP contribution >= 0.6 is 11.8 Å². The second kappa shape index (κ2) is 7.93. The monoisotopic (exact) mass is 393 g/mol. The number of benzene rings is 2. The molecule has 1 aromatic heterocycles. The standard InChI is InChI=1S/C20H19N5O2S/c1-14-8-10-15(11-9-14)25-20(21-22-23-25)28-13-5-4-12-24-18(26)16-6-2-3-7-17(16)19(24)27/h2-3,6-11H,4-5,12-13H2,1H3. The average molecular weight is 393 g/mol. The minimum absolute atomic E-state index is 0.198. The van der Waals surface area contributed by atoms with E-state index in [0.717, 1.165) is 29.4 Å². The lowest BCUT2D eigenvalue weighted by Crippen LogP contribution is -2.30. The van der Waals surface area contributed by atoms with E-state index in [1.54, 1.807) is 40.7 Å². The number of nitrogens with zero attached hydrogens (tertiary/aromatic N) is 5. The first-order chi connectivity index (χ1) is 13.6. The van der Waals surface area contributed by atoms with Crippen LogP contribution in [0.4, 0.5) is 0 Å². The third kappa shape index (κ3) is 3.55. The summed E-state index contributed by atoms with van der Waals surface area (Å²) in [6.45, 7) is 2.46. The first-order valence-corrected chi connectivity index (χ1v) is 10.1. The zero-order chi connectivity index (χ0) is 19.5. The number of fused-ring (bicyclic) bond motifs is 1. The van der Waals surface area contributed by atoms with Crippen molar-refractivity contribution in [1.29, 1.82) is 0 Å². The third-order valence-electron chi connectivity index (χ3n) is 4.60. The van der Waals surface area contributed by atoms with Gasteiger partial charge in [-0.05, 0) is 54.5 Å². The summed E-state index contributed by atoms with van der Waals surface area (Å²) in [4.78, 5) is 26.0. The van der Waals surface area contributed by atoms with Gasteiger partial charge in [-0.3, -0.25) is 14.5 Å². The van der Waals surface area contributed by atoms with Crippen molar-refractivity contribution in [3.05, 3.63) is 65.2 Å². The Labute approximate surface area is 166 Å². The summed E-state index contributed by atoms with van der Waals surface area (Å²) in [6.07, 6.45) is 1.59. The molecule has 0 atom stereocenters. The number of carbonyl (C=O) groups excluding carboxylic acids is 2. The molecule has 1 aliphatic heterocycles. The molecule has 0 saturated heterocycles. The number of carbonyl (C=O) groups is 2. The van der Waals surface area contributed by atoms with Gasteiger partial charge >= 0.3 is 0 Å². The lowest BCUT2D eigenvalue weighted by Gasteiger charge is -2.13. The van der Waals surface area contributed by atoms with Gasteiger partial charge in [-0.2, -0.15) is 4.68 Å². The van der Waals surface area contributed by atoms with Crippen LogP contribution in [0.3, 0.4) is 0 Å². The summed E-state index contributed by atoms with van der Waals surface area (Å²) >= 11 is 1.56. The Hall–Kier alpha value is -3.00. The Bertz CT molecular complexity index is 980. The quantitative estimate of drug-likeness (QED) is 0.348. The number of amides is 2. The SMILES string of the molecule is Cc1ccc(-n2nnnc2SCCCCN2C(=O)c3ccccc3C2=O)cc1. The van der Waals surface area contributed by atoms with Gasteiger partial charge in [-0.15, -0.1) is 5.10 Å². The van der Waals surface area contributed by atoms with Crippen LogP contribution in [0.5, 0.6) is 0 Å². The van der Waals surface area contributed by atoms with Gasteiger partial charge in [0.1, 0.15) is 0 Å². The molecule has 0 bridgehead atoms. The van der Waals surface area contributed by atoms with Crippen LogP contribution in [-0.2, 0) is 0 Å². The van der Waals surface area contributed by atoms with Gasteiger partial charge in [0.15, 0.2) is 0 Å². The maximum absolute atomic E-state index is 12.4. The minimum atomic E-state index is -0.198. The number of aryl methyl sites for hydroxylation is 1. The van der Waals surface area contributed by atoms with E-state index in [-0.39, 0.29) is 11.8 Å². The van der Waals surface area contributed by atoms with Crippen LogP contribution < -0.4 is 0 Å². The number of imide groups is 1. The van der Waals surface area contributed by atoms with Crippen LogP contribution in [-0.4, -0.2) is 49.2 Å². The van der Waals surface area contributed by atoms with Crippen molar-refractivity contribution < 1.29 is 9.59 Å². The summed E-state index contributed by atoms with van der Waals surface area (Å²) in [7, 11) is 0. The number of tetrazole rings is 1. The second-order valence-electron chi connectivity index (χ2n) is 6.57. The van der Waals surface area contributed by atoms with Gasteiger partial charge in [0.25, 0.3) is 11.8 Å². The highest BCUT2D eigenvalue weighted by Gasteiger charge is 2.34. The maximum Gasteiger partial charge on any atom is 0.261 e. The maximum atomic E-state index is 12.4. The molecule has 0 spiro atoms. The lowest BCUT2D eigenvalue weighted by molar-refractivity contribution is 0.0652. The summed E-state index contributed by atoms with van der Waals surface area (Å²) in [6, 6.07) is 15.0. The molecule has 2 aromatic carbocycles. The first kappa shape index (κ1) is 18.4. The van der Waals surface area contributed by atoms with Gasteiger partial charge < -0.3 is 0 Å². The van der Waals surface area contributed by atoms with E-state index >= 15 is 0 Å². The van der Waals surface area contributed by atoms with Crippen LogP contribution in [0, 0.1) is 6.92 Å². The number of thioether (sulfide) groups is 1. The number of hydrogen-bond acceptors (Lipinski definition) is 6. The fourth-order valence-electron chi connectivity index (χ4n) is 3.09. The van der Waals surface area contributed by atoms with Gasteiger partial charge in [0.05, 0.1) is 16.8 Å². The van der Waals surface area contributed by atoms with Crippen LogP contribution in [0.2, 0.25) is 0 Å². The molecule has 2 heterocycles. The smallest absolute Gasteiger partial charge is 0.261 e. The zero-order valence-corrected chi connectivity index (χ0v) is 16.2. The molecule has 8 heteroatoms. The molecule has 0 N–H and O–H groups in total. The van der Waals surface area contributed by atoms with E-state index in [1.165, 1.54) is 10.5 Å². The van der Waals surface area contributed by atoms with Crippen molar-refractivity contribution >= 4 is 23.6 Å². The van der Waals surface area contributed by atoms with E-state index in [0.29, 0.717) is 17.7 Å². The van der Waals surface area contributed by atoms with Crippen LogP contribution in [0.25, 0.3) is 5.69 Å². The van der Waals surface area contributed by atoms with Crippen LogP contribution in [0.15, 0.2) is 53.7 Å². The molecular formula is C20H19N5O2S. The lowest BCUT2D eigenvalue weighted by atomic mass is 10.1. The fraction of sp³-hybridized carbons (Fsp3) is 0.250. The Morgan fingerprint density at radius 2 is 1.61 bits per heavy atom. The van der Waals surface area contributed by atoms with Crippen LogP contribution in [0.1, 0.15) is 39.1 Å². The minimum Gasteiger partial charge on any atom is -0.274 e. The molecule has 0 radical (unpaired) electrons. The van der Waals surface area contributed by atoms with Crippen molar-refractivity contribution in [2.75, 3.05) is 12.3 Å². The zero-order valence-electron chi connectivity index (χ0n) is 15.4. The van der Waals surface area contributed by atoms with Crippen molar-refractivity contribution in [2.45, 2.75) is 24.9 Å². The van der Waals surface area contributed by atoms with Gasteiger partial charge in [0.2, 0.25) is 5.16 Å². The van der Waals surface area contributed by atoms with Crippen molar-refractivity contribution in [3.63, 3.8) is 0 Å². The molecule has 4 rings (SSSR count). The highest BCUT2D eigenvalue weighted by molar-refractivity contribution is 7.99. The van der Waals surface area contributed by atoms with E-state index in [1.807, 2.05) is 31.2 Å². The summed E-state index contributed by atoms with van der Waals surface area (Å²) in [5, 5.41) is 12.6. The molecule has 2 amide bonds. The molecule has 0 aliphatic carbocycles. The number of aromatic nitrogens is 4. The molecule has 0 fully saturated rings. The summed E-state index contributed by atoms with van der Waals surface area (Å²) < 4.78 is 1.72. The van der Waals surface area contributed by atoms with E-state index in [9.17, 15) is 9.59 Å². The molecule has 3 aromatic rings. The third-order valence-corrected chi connectivity index (χ3v) is 5.61. The summed E-state index contributed by atoms with van der Waals surface area (Å²) in [5.74, 6) is 0.406. The number of unbranched alkanes of at least 4 members (excludes halogenated alkanes) is 1. The largest absolute Gasteiger partial charge is 0.274 e. The molecule has 7 nitrogen and oxygen atoms in total. The molecular weight excluding hydrogens is 374 g/mol. The van der Waals surface area contributed by atoms with Crippen molar-refractivity contribution in [3.8, 4) is 5.69 Å². The Balaban J connectivity index is 1.29. The Morgan fingerprint density at radius 1 is 0.929 bits per heavy atom. The molecule has 142 valence electrons. The van der Waals surface area contributed by atoms with Gasteiger partial charge in [-0.25, -0.2) is 0 Å². The molecule has 0 unspecified atom stereocenters. The highest BCUT2D eigenvalue weighted by atomic mass is 32.2. The van der Waals surface area contributed by atoms with E-state index in [2.05, 4.69) is 15.5 Å². The number of rotatable bonds is 7. The van der Waals surface area contributed by atoms with Gasteiger partial charge in [-0.1, -0.05) is 41.6 Å². The first-order valence-electron chi connectivity index (χ1n) is 9.08. The van der Waals surface area contributed by atoms with Crippen molar-refractivity contribution in [1.82, 2.24) is 25.1 Å². The van der Waals surface area contributed by atoms with E-state index in [4.69, 9.17) is 0 Å². The fourth-order valence-corrected chi connectivity index (χ4v) is 3.98. The summed E-state index contributed by atoms with van der Waals surface area (Å²) in [5.41, 5.74) is 3.10. The predicted octanol–water partition coefficient (Wildman–Crippen LogP) is 3.14. The number of hydrogen-bond donors (Lipinski definition) is 0. The Kier molecular flexibility index (Phi) is 5.21. The predicted molar refractivity (Wildman–Crippen MR) is 106 cm³/mol. The molecule has 0 saturated carbocycles. The average Bonchev–Trinajstić information content (AvgIpc) is 3.27. The van der Waals surface area contributed by atoms with Crippen molar-refractivity contribution in [2.24, 2.45) is 0 Å². The second-order valence-corrected chi connectivity index (χ2v) is 7.63. The topological polar surface area (TPSA) is 81.0 Å². The Morgan fingerprint density at radius 3 is 2.29 bits per heavy atom.